The third kappa shape index (κ3) is 3.31. The van der Waals surface area contributed by atoms with Gasteiger partial charge in [-0.05, 0) is 48.1 Å². The van der Waals surface area contributed by atoms with E-state index in [4.69, 9.17) is 14.0 Å². The van der Waals surface area contributed by atoms with Crippen molar-refractivity contribution >= 4 is 23.2 Å². The molecular weight excluding hydrogens is 378 g/mol. The van der Waals surface area contributed by atoms with Crippen LogP contribution in [-0.2, 0) is 6.42 Å². The lowest BCUT2D eigenvalue weighted by atomic mass is 9.91. The number of ether oxygens (including phenoxy) is 2. The average Bonchev–Trinajstić information content (AvgIpc) is 3.37. The van der Waals surface area contributed by atoms with Gasteiger partial charge in [0, 0.05) is 17.5 Å². The van der Waals surface area contributed by atoms with E-state index >= 15 is 0 Å². The van der Waals surface area contributed by atoms with Crippen molar-refractivity contribution in [3.05, 3.63) is 57.5 Å². The van der Waals surface area contributed by atoms with Crippen LogP contribution in [0.25, 0.3) is 0 Å². The van der Waals surface area contributed by atoms with Crippen molar-refractivity contribution in [1.29, 1.82) is 0 Å². The fourth-order valence-electron chi connectivity index (χ4n) is 3.52. The van der Waals surface area contributed by atoms with Crippen LogP contribution in [0.1, 0.15) is 27.8 Å². The molecule has 0 saturated heterocycles. The van der Waals surface area contributed by atoms with Crippen LogP contribution < -0.4 is 14.8 Å². The van der Waals surface area contributed by atoms with Crippen LogP contribution in [-0.4, -0.2) is 36.9 Å². The number of carbonyl (C=O) groups is 1. The monoisotopic (exact) mass is 399 g/mol. The third-order valence-electron chi connectivity index (χ3n) is 4.81. The van der Waals surface area contributed by atoms with Gasteiger partial charge in [-0.25, -0.2) is 4.79 Å². The maximum atomic E-state index is 13.1. The van der Waals surface area contributed by atoms with Crippen molar-refractivity contribution in [2.24, 2.45) is 0 Å². The number of hydrogen-bond donors (Lipinski definition) is 1. The summed E-state index contributed by atoms with van der Waals surface area (Å²) in [6, 6.07) is 9.28. The zero-order valence-corrected chi connectivity index (χ0v) is 16.7. The molecule has 0 bridgehead atoms. The molecule has 1 aliphatic heterocycles. The second kappa shape index (κ2) is 7.55. The lowest BCUT2D eigenvalue weighted by Crippen LogP contribution is -2.42. The summed E-state index contributed by atoms with van der Waals surface area (Å²) in [6.45, 7) is 2.36. The molecule has 1 unspecified atom stereocenters. The smallest absolute Gasteiger partial charge is 0.323 e. The number of nitrogens with one attached hydrogen (secondary N) is 1. The van der Waals surface area contributed by atoms with Gasteiger partial charge in [0.15, 0.2) is 17.3 Å². The van der Waals surface area contributed by atoms with E-state index in [-0.39, 0.29) is 12.1 Å². The predicted molar refractivity (Wildman–Crippen MR) is 106 cm³/mol. The Balaban J connectivity index is 1.73. The number of benzene rings is 1. The number of thiophene rings is 1. The van der Waals surface area contributed by atoms with Gasteiger partial charge in [-0.2, -0.15) is 0 Å². The molecule has 2 amide bonds. The third-order valence-corrected chi connectivity index (χ3v) is 5.73. The summed E-state index contributed by atoms with van der Waals surface area (Å²) in [7, 11) is 3.24. The summed E-state index contributed by atoms with van der Waals surface area (Å²) in [4.78, 5) is 16.0. The second-order valence-corrected chi connectivity index (χ2v) is 7.50. The van der Waals surface area contributed by atoms with Gasteiger partial charge in [0.25, 0.3) is 0 Å². The van der Waals surface area contributed by atoms with Gasteiger partial charge in [0.2, 0.25) is 0 Å². The van der Waals surface area contributed by atoms with E-state index in [0.717, 1.165) is 22.4 Å². The van der Waals surface area contributed by atoms with Crippen LogP contribution in [0.4, 0.5) is 10.6 Å². The number of rotatable bonds is 4. The molecule has 0 radical (unpaired) electrons. The first-order chi connectivity index (χ1) is 13.6. The van der Waals surface area contributed by atoms with Crippen molar-refractivity contribution in [2.75, 3.05) is 26.1 Å². The highest BCUT2D eigenvalue weighted by atomic mass is 32.1. The Labute approximate surface area is 166 Å². The summed E-state index contributed by atoms with van der Waals surface area (Å²) < 4.78 is 16.0. The second-order valence-electron chi connectivity index (χ2n) is 6.52. The molecule has 2 aromatic heterocycles. The van der Waals surface area contributed by atoms with Crippen LogP contribution in [0.15, 0.2) is 40.2 Å². The first-order valence-electron chi connectivity index (χ1n) is 8.90. The molecule has 146 valence electrons. The van der Waals surface area contributed by atoms with Gasteiger partial charge in [-0.15, -0.1) is 11.3 Å². The van der Waals surface area contributed by atoms with Gasteiger partial charge in [-0.1, -0.05) is 11.2 Å². The molecule has 8 heteroatoms. The highest BCUT2D eigenvalue weighted by Crippen LogP contribution is 2.42. The Kier molecular flexibility index (Phi) is 4.95. The quantitative estimate of drug-likeness (QED) is 0.710. The Morgan fingerprint density at radius 2 is 2.07 bits per heavy atom. The molecule has 1 aliphatic rings. The Morgan fingerprint density at radius 1 is 1.29 bits per heavy atom. The fraction of sp³-hybridized carbons (Fsp3) is 0.300. The van der Waals surface area contributed by atoms with Crippen molar-refractivity contribution in [2.45, 2.75) is 19.4 Å². The van der Waals surface area contributed by atoms with Crippen molar-refractivity contribution in [3.8, 4) is 11.5 Å². The molecule has 0 fully saturated rings. The first kappa shape index (κ1) is 18.4. The number of fused-ring (bicyclic) bond motifs is 1. The number of urea groups is 1. The number of methoxy groups -OCH3 is 2. The number of nitrogens with zero attached hydrogens (tertiary/aromatic N) is 2. The molecule has 4 rings (SSSR count). The van der Waals surface area contributed by atoms with Crippen LogP contribution in [0.3, 0.4) is 0 Å². The van der Waals surface area contributed by atoms with E-state index in [0.29, 0.717) is 29.6 Å². The van der Waals surface area contributed by atoms with Gasteiger partial charge < -0.3 is 18.9 Å². The highest BCUT2D eigenvalue weighted by Gasteiger charge is 2.34. The van der Waals surface area contributed by atoms with Crippen molar-refractivity contribution in [1.82, 2.24) is 10.1 Å². The highest BCUT2D eigenvalue weighted by molar-refractivity contribution is 7.10. The van der Waals surface area contributed by atoms with E-state index in [2.05, 4.69) is 10.5 Å². The Bertz CT molecular complexity index is 984. The van der Waals surface area contributed by atoms with Gasteiger partial charge in [-0.3, -0.25) is 5.32 Å². The molecule has 3 heterocycles. The predicted octanol–water partition coefficient (Wildman–Crippen LogP) is 4.24. The summed E-state index contributed by atoms with van der Waals surface area (Å²) in [6.07, 6.45) is 0.725. The standard InChI is InChI=1S/C20H21N3O4S/c1-12-9-18(22-27-12)21-20(24)23-7-6-13-10-15(25-2)16(26-3)11-14(13)19(23)17-5-4-8-28-17/h4-5,8-11,19H,6-7H2,1-3H3,(H,21,22,24). The molecule has 7 nitrogen and oxygen atoms in total. The minimum atomic E-state index is -0.216. The van der Waals surface area contributed by atoms with Crippen LogP contribution >= 0.6 is 11.3 Å². The molecule has 0 saturated carbocycles. The minimum absolute atomic E-state index is 0.212. The maximum Gasteiger partial charge on any atom is 0.323 e. The number of aromatic nitrogens is 1. The van der Waals surface area contributed by atoms with E-state index in [9.17, 15) is 4.79 Å². The van der Waals surface area contributed by atoms with E-state index in [1.807, 2.05) is 34.5 Å². The minimum Gasteiger partial charge on any atom is -0.493 e. The largest absolute Gasteiger partial charge is 0.493 e. The van der Waals surface area contributed by atoms with Crippen LogP contribution in [0.2, 0.25) is 0 Å². The van der Waals surface area contributed by atoms with Gasteiger partial charge >= 0.3 is 6.03 Å². The van der Waals surface area contributed by atoms with Crippen molar-refractivity contribution < 1.29 is 18.8 Å². The maximum absolute atomic E-state index is 13.1. The molecule has 0 aliphatic carbocycles. The van der Waals surface area contributed by atoms with E-state index in [1.54, 1.807) is 38.5 Å². The number of amides is 2. The molecule has 3 aromatic rings. The molecule has 1 atom stereocenters. The van der Waals surface area contributed by atoms with Crippen molar-refractivity contribution in [3.63, 3.8) is 0 Å². The van der Waals surface area contributed by atoms with E-state index < -0.39 is 0 Å². The molecule has 1 N–H and O–H groups in total. The number of carbonyl (C=O) groups excluding carboxylic acids is 1. The summed E-state index contributed by atoms with van der Waals surface area (Å²) in [5, 5.41) is 8.72. The summed E-state index contributed by atoms with van der Waals surface area (Å²) >= 11 is 1.62. The fourth-order valence-corrected chi connectivity index (χ4v) is 4.38. The lowest BCUT2D eigenvalue weighted by Gasteiger charge is -2.37. The zero-order chi connectivity index (χ0) is 19.7. The Hall–Kier alpha value is -3.00. The molecule has 28 heavy (non-hydrogen) atoms. The number of hydrogen-bond acceptors (Lipinski definition) is 6. The lowest BCUT2D eigenvalue weighted by molar-refractivity contribution is 0.194. The average molecular weight is 399 g/mol. The first-order valence-corrected chi connectivity index (χ1v) is 9.77. The molecule has 0 spiro atoms. The van der Waals surface area contributed by atoms with Crippen LogP contribution in [0, 0.1) is 6.92 Å². The van der Waals surface area contributed by atoms with Gasteiger partial charge in [0.05, 0.1) is 20.3 Å². The molecule has 1 aromatic carbocycles. The number of anilines is 1. The van der Waals surface area contributed by atoms with Crippen LogP contribution in [0.5, 0.6) is 11.5 Å². The normalized spacial score (nSPS) is 15.8. The zero-order valence-electron chi connectivity index (χ0n) is 15.9. The van der Waals surface area contributed by atoms with E-state index in [1.165, 1.54) is 0 Å². The number of aryl methyl sites for hydroxylation is 1. The summed E-state index contributed by atoms with van der Waals surface area (Å²) in [5.41, 5.74) is 2.19. The van der Waals surface area contributed by atoms with Gasteiger partial charge in [0.1, 0.15) is 5.76 Å². The SMILES string of the molecule is COc1cc2c(cc1OC)C(c1cccs1)N(C(=O)Nc1cc(C)on1)CC2. The topological polar surface area (TPSA) is 76.8 Å². The summed E-state index contributed by atoms with van der Waals surface area (Å²) in [5.74, 6) is 2.40. The molecular formula is C20H21N3O4S. The Morgan fingerprint density at radius 3 is 2.71 bits per heavy atom.